The van der Waals surface area contributed by atoms with Crippen LogP contribution < -0.4 is 10.9 Å². The summed E-state index contributed by atoms with van der Waals surface area (Å²) in [6.07, 6.45) is 3.86. The van der Waals surface area contributed by atoms with Crippen LogP contribution in [0.4, 0.5) is 5.69 Å². The summed E-state index contributed by atoms with van der Waals surface area (Å²) >= 11 is 0. The van der Waals surface area contributed by atoms with Crippen molar-refractivity contribution in [3.05, 3.63) is 58.5 Å². The molecule has 1 saturated heterocycles. The van der Waals surface area contributed by atoms with E-state index in [2.05, 4.69) is 10.1 Å². The highest BCUT2D eigenvalue weighted by atomic mass is 32.2. The molecule has 2 heterocycles. The Kier molecular flexibility index (Phi) is 6.68. The van der Waals surface area contributed by atoms with E-state index in [0.717, 1.165) is 23.8 Å². The van der Waals surface area contributed by atoms with Crippen LogP contribution in [0.5, 0.6) is 0 Å². The summed E-state index contributed by atoms with van der Waals surface area (Å²) in [5, 5.41) is 2.61. The Morgan fingerprint density at radius 3 is 2.37 bits per heavy atom. The van der Waals surface area contributed by atoms with Crippen LogP contribution in [-0.4, -0.2) is 49.4 Å². The lowest BCUT2D eigenvalue weighted by molar-refractivity contribution is -0.116. The largest absolute Gasteiger partial charge is 0.465 e. The number of pyridine rings is 1. The van der Waals surface area contributed by atoms with Crippen molar-refractivity contribution >= 4 is 27.6 Å². The van der Waals surface area contributed by atoms with Crippen LogP contribution in [-0.2, 0) is 26.1 Å². The summed E-state index contributed by atoms with van der Waals surface area (Å²) in [6.45, 7) is 0.429. The number of rotatable bonds is 6. The second kappa shape index (κ2) is 9.23. The van der Waals surface area contributed by atoms with Crippen LogP contribution in [0.15, 0.2) is 52.3 Å². The molecule has 1 aromatic carbocycles. The van der Waals surface area contributed by atoms with E-state index in [1.165, 1.54) is 54.0 Å². The molecular weight excluding hydrogens is 410 g/mol. The van der Waals surface area contributed by atoms with Gasteiger partial charge in [-0.1, -0.05) is 6.42 Å². The van der Waals surface area contributed by atoms with Gasteiger partial charge in [-0.15, -0.1) is 0 Å². The minimum atomic E-state index is -3.90. The molecule has 0 atom stereocenters. The van der Waals surface area contributed by atoms with Gasteiger partial charge in [0.25, 0.3) is 5.56 Å². The first-order chi connectivity index (χ1) is 14.3. The minimum Gasteiger partial charge on any atom is -0.465 e. The summed E-state index contributed by atoms with van der Waals surface area (Å²) in [6, 6.07) is 8.77. The van der Waals surface area contributed by atoms with Gasteiger partial charge < -0.3 is 14.6 Å². The predicted molar refractivity (Wildman–Crippen MR) is 110 cm³/mol. The number of piperidine rings is 1. The van der Waals surface area contributed by atoms with Crippen LogP contribution in [0.2, 0.25) is 0 Å². The number of ether oxygens (including phenoxy) is 1. The van der Waals surface area contributed by atoms with Crippen molar-refractivity contribution in [2.24, 2.45) is 0 Å². The molecule has 0 aliphatic carbocycles. The zero-order valence-electron chi connectivity index (χ0n) is 16.5. The number of hydrogen-bond acceptors (Lipinski definition) is 6. The van der Waals surface area contributed by atoms with E-state index in [-0.39, 0.29) is 11.4 Å². The monoisotopic (exact) mass is 433 g/mol. The molecule has 0 unspecified atom stereocenters. The maximum atomic E-state index is 12.8. The molecule has 10 heteroatoms. The predicted octanol–water partition coefficient (Wildman–Crippen LogP) is 1.45. The van der Waals surface area contributed by atoms with Crippen LogP contribution in [0.1, 0.15) is 29.6 Å². The molecule has 1 amide bonds. The minimum absolute atomic E-state index is 0.331. The van der Waals surface area contributed by atoms with Crippen molar-refractivity contribution in [1.29, 1.82) is 0 Å². The lowest BCUT2D eigenvalue weighted by atomic mass is 10.2. The number of anilines is 1. The maximum absolute atomic E-state index is 12.8. The van der Waals surface area contributed by atoms with Gasteiger partial charge in [-0.3, -0.25) is 9.59 Å². The lowest BCUT2D eigenvalue weighted by Crippen LogP contribution is -2.39. The smallest absolute Gasteiger partial charge is 0.337 e. The molecule has 0 spiro atoms. The van der Waals surface area contributed by atoms with E-state index >= 15 is 0 Å². The average molecular weight is 433 g/mol. The van der Waals surface area contributed by atoms with Gasteiger partial charge in [0.1, 0.15) is 11.4 Å². The number of amides is 1. The Morgan fingerprint density at radius 1 is 1.07 bits per heavy atom. The summed E-state index contributed by atoms with van der Waals surface area (Å²) in [4.78, 5) is 36.2. The lowest BCUT2D eigenvalue weighted by Gasteiger charge is -2.25. The Labute approximate surface area is 174 Å². The Hall–Kier alpha value is -2.98. The van der Waals surface area contributed by atoms with Crippen LogP contribution >= 0.6 is 0 Å². The second-order valence-corrected chi connectivity index (χ2v) is 8.79. The fraction of sp³-hybridized carbons (Fsp3) is 0.350. The molecule has 1 N–H and O–H groups in total. The Balaban J connectivity index is 1.74. The highest BCUT2D eigenvalue weighted by Gasteiger charge is 2.29. The van der Waals surface area contributed by atoms with E-state index in [4.69, 9.17) is 0 Å². The number of esters is 1. The molecule has 1 aliphatic heterocycles. The van der Waals surface area contributed by atoms with Gasteiger partial charge in [0.2, 0.25) is 15.9 Å². The van der Waals surface area contributed by atoms with Gasteiger partial charge >= 0.3 is 5.97 Å². The number of sulfonamides is 1. The summed E-state index contributed by atoms with van der Waals surface area (Å²) in [7, 11) is -2.63. The number of nitrogens with one attached hydrogen (secondary N) is 1. The van der Waals surface area contributed by atoms with Gasteiger partial charge in [0.15, 0.2) is 0 Å². The average Bonchev–Trinajstić information content (AvgIpc) is 2.75. The first-order valence-corrected chi connectivity index (χ1v) is 10.9. The van der Waals surface area contributed by atoms with Gasteiger partial charge in [0.05, 0.1) is 12.7 Å². The molecule has 3 rings (SSSR count). The van der Waals surface area contributed by atoms with Crippen molar-refractivity contribution in [3.8, 4) is 0 Å². The summed E-state index contributed by atoms with van der Waals surface area (Å²) in [5.41, 5.74) is 0.0272. The summed E-state index contributed by atoms with van der Waals surface area (Å²) in [5.74, 6) is -0.999. The molecule has 160 valence electrons. The van der Waals surface area contributed by atoms with E-state index < -0.39 is 27.5 Å². The summed E-state index contributed by atoms with van der Waals surface area (Å²) < 4.78 is 32.6. The number of methoxy groups -OCH3 is 1. The van der Waals surface area contributed by atoms with Gasteiger partial charge in [-0.2, -0.15) is 4.31 Å². The fourth-order valence-electron chi connectivity index (χ4n) is 3.24. The molecule has 1 aliphatic rings. The molecule has 0 saturated carbocycles. The van der Waals surface area contributed by atoms with Crippen LogP contribution in [0.3, 0.4) is 0 Å². The molecule has 30 heavy (non-hydrogen) atoms. The number of carbonyl (C=O) groups is 2. The third-order valence-electron chi connectivity index (χ3n) is 4.82. The van der Waals surface area contributed by atoms with Crippen molar-refractivity contribution in [2.75, 3.05) is 25.5 Å². The van der Waals surface area contributed by atoms with Crippen molar-refractivity contribution in [1.82, 2.24) is 8.87 Å². The molecular formula is C20H23N3O6S. The molecule has 2 aromatic rings. The molecule has 0 radical (unpaired) electrons. The zero-order chi connectivity index (χ0) is 21.7. The number of aromatic nitrogens is 1. The normalized spacial score (nSPS) is 14.8. The van der Waals surface area contributed by atoms with Crippen molar-refractivity contribution in [2.45, 2.75) is 30.7 Å². The maximum Gasteiger partial charge on any atom is 0.337 e. The van der Waals surface area contributed by atoms with E-state index in [1.54, 1.807) is 0 Å². The Bertz CT molecular complexity index is 1090. The quantitative estimate of drug-likeness (QED) is 0.690. The number of nitrogens with zero attached hydrogens (tertiary/aromatic N) is 2. The third kappa shape index (κ3) is 4.77. The topological polar surface area (TPSA) is 115 Å². The number of benzene rings is 1. The van der Waals surface area contributed by atoms with E-state index in [0.29, 0.717) is 24.3 Å². The third-order valence-corrected chi connectivity index (χ3v) is 6.73. The number of hydrogen-bond donors (Lipinski definition) is 1. The second-order valence-electron chi connectivity index (χ2n) is 6.89. The van der Waals surface area contributed by atoms with E-state index in [9.17, 15) is 22.8 Å². The SMILES string of the molecule is COC(=O)c1ccc(NC(=O)Cn2cccc(S(=O)(=O)N3CCCCC3)c2=O)cc1. The Morgan fingerprint density at radius 2 is 1.73 bits per heavy atom. The number of carbonyl (C=O) groups excluding carboxylic acids is 2. The van der Waals surface area contributed by atoms with Crippen molar-refractivity contribution in [3.63, 3.8) is 0 Å². The molecule has 9 nitrogen and oxygen atoms in total. The highest BCUT2D eigenvalue weighted by Crippen LogP contribution is 2.18. The fourth-order valence-corrected chi connectivity index (χ4v) is 4.85. The van der Waals surface area contributed by atoms with Crippen molar-refractivity contribution < 1.29 is 22.7 Å². The molecule has 1 fully saturated rings. The first kappa shape index (κ1) is 21.7. The standard InChI is InChI=1S/C20H23N3O6S/c1-29-20(26)15-7-9-16(10-8-15)21-18(24)14-22-11-5-6-17(19(22)25)30(27,28)23-12-3-2-4-13-23/h5-11H,2-4,12-14H2,1H3,(H,21,24). The highest BCUT2D eigenvalue weighted by molar-refractivity contribution is 7.89. The first-order valence-electron chi connectivity index (χ1n) is 9.51. The molecule has 1 aromatic heterocycles. The molecule has 0 bridgehead atoms. The van der Waals surface area contributed by atoms with E-state index in [1.807, 2.05) is 0 Å². The van der Waals surface area contributed by atoms with Crippen LogP contribution in [0, 0.1) is 0 Å². The van der Waals surface area contributed by atoms with Crippen LogP contribution in [0.25, 0.3) is 0 Å². The van der Waals surface area contributed by atoms with Gasteiger partial charge in [0, 0.05) is 25.0 Å². The zero-order valence-corrected chi connectivity index (χ0v) is 17.4. The van der Waals surface area contributed by atoms with Gasteiger partial charge in [-0.05, 0) is 49.2 Å². The van der Waals surface area contributed by atoms with Gasteiger partial charge in [-0.25, -0.2) is 13.2 Å².